The van der Waals surface area contributed by atoms with Crippen LogP contribution in [0.15, 0.2) is 69.0 Å². The number of ether oxygens (including phenoxy) is 1. The van der Waals surface area contributed by atoms with E-state index < -0.39 is 20.0 Å². The molecule has 8 nitrogen and oxygen atoms in total. The number of pyridine rings is 1. The number of nitrogens with one attached hydrogen (secondary N) is 1. The van der Waals surface area contributed by atoms with Crippen LogP contribution < -0.4 is 4.72 Å². The van der Waals surface area contributed by atoms with Crippen LogP contribution in [0.4, 0.5) is 5.69 Å². The van der Waals surface area contributed by atoms with E-state index in [9.17, 15) is 16.8 Å². The van der Waals surface area contributed by atoms with Crippen LogP contribution in [0.25, 0.3) is 10.9 Å². The lowest BCUT2D eigenvalue weighted by Gasteiger charge is -2.26. The predicted octanol–water partition coefficient (Wildman–Crippen LogP) is 2.82. The number of benzene rings is 2. The Kier molecular flexibility index (Phi) is 5.82. The minimum atomic E-state index is -3.94. The summed E-state index contributed by atoms with van der Waals surface area (Å²) < 4.78 is 61.0. The van der Waals surface area contributed by atoms with Gasteiger partial charge in [0.1, 0.15) is 0 Å². The van der Waals surface area contributed by atoms with Gasteiger partial charge in [-0.25, -0.2) is 16.8 Å². The molecule has 0 amide bonds. The van der Waals surface area contributed by atoms with Crippen molar-refractivity contribution in [1.29, 1.82) is 0 Å². The Morgan fingerprint density at radius 2 is 1.60 bits per heavy atom. The number of hydrogen-bond donors (Lipinski definition) is 1. The average Bonchev–Trinajstić information content (AvgIpc) is 2.76. The maximum Gasteiger partial charge on any atom is 0.261 e. The van der Waals surface area contributed by atoms with E-state index in [0.717, 1.165) is 9.86 Å². The van der Waals surface area contributed by atoms with E-state index in [0.29, 0.717) is 24.4 Å². The van der Waals surface area contributed by atoms with Crippen molar-refractivity contribution < 1.29 is 21.6 Å². The number of halogens is 1. The molecule has 0 saturated carbocycles. The second-order valence-corrected chi connectivity index (χ2v) is 11.1. The van der Waals surface area contributed by atoms with Crippen LogP contribution in [0.3, 0.4) is 0 Å². The summed E-state index contributed by atoms with van der Waals surface area (Å²) in [5, 5.41) is 0.768. The third-order valence-electron chi connectivity index (χ3n) is 4.70. The van der Waals surface area contributed by atoms with E-state index in [1.807, 2.05) is 6.07 Å². The molecule has 1 saturated heterocycles. The minimum Gasteiger partial charge on any atom is -0.379 e. The largest absolute Gasteiger partial charge is 0.379 e. The number of rotatable bonds is 5. The molecule has 0 aliphatic carbocycles. The highest BCUT2D eigenvalue weighted by Gasteiger charge is 2.27. The first-order valence-electron chi connectivity index (χ1n) is 9.03. The fraction of sp³-hybridized carbons (Fsp3) is 0.211. The molecule has 30 heavy (non-hydrogen) atoms. The van der Waals surface area contributed by atoms with Crippen LogP contribution in [0.5, 0.6) is 0 Å². The highest BCUT2D eigenvalue weighted by molar-refractivity contribution is 9.10. The van der Waals surface area contributed by atoms with Crippen LogP contribution in [0.1, 0.15) is 0 Å². The molecule has 1 fully saturated rings. The second kappa shape index (κ2) is 8.23. The standard InChI is InChI=1S/C19H18BrN3O5S2/c20-17-7-8-18(19-16(17)2-1-9-21-19)22-29(24,25)14-3-5-15(6-4-14)30(26,27)23-10-12-28-13-11-23/h1-9,22H,10-13H2. The monoisotopic (exact) mass is 511 g/mol. The van der Waals surface area contributed by atoms with Crippen molar-refractivity contribution in [3.05, 3.63) is 59.2 Å². The van der Waals surface area contributed by atoms with Crippen molar-refractivity contribution >= 4 is 52.6 Å². The molecule has 2 aromatic carbocycles. The molecule has 3 aromatic rings. The Balaban J connectivity index is 1.62. The average molecular weight is 512 g/mol. The lowest BCUT2D eigenvalue weighted by molar-refractivity contribution is 0.0730. The fourth-order valence-corrected chi connectivity index (χ4v) is 6.08. The first kappa shape index (κ1) is 21.2. The third-order valence-corrected chi connectivity index (χ3v) is 8.69. The van der Waals surface area contributed by atoms with Crippen molar-refractivity contribution in [2.45, 2.75) is 9.79 Å². The molecule has 11 heteroatoms. The van der Waals surface area contributed by atoms with Crippen molar-refractivity contribution in [2.24, 2.45) is 0 Å². The molecular weight excluding hydrogens is 494 g/mol. The Bertz CT molecular complexity index is 1290. The van der Waals surface area contributed by atoms with Crippen molar-refractivity contribution in [3.63, 3.8) is 0 Å². The van der Waals surface area contributed by atoms with E-state index >= 15 is 0 Å². The van der Waals surface area contributed by atoms with E-state index in [4.69, 9.17) is 4.74 Å². The van der Waals surface area contributed by atoms with E-state index in [2.05, 4.69) is 25.6 Å². The van der Waals surface area contributed by atoms with Gasteiger partial charge in [-0.1, -0.05) is 22.0 Å². The van der Waals surface area contributed by atoms with Gasteiger partial charge in [0.15, 0.2) is 0 Å². The smallest absolute Gasteiger partial charge is 0.261 e. The van der Waals surface area contributed by atoms with E-state index in [-0.39, 0.29) is 22.9 Å². The van der Waals surface area contributed by atoms with Gasteiger partial charge < -0.3 is 4.74 Å². The quantitative estimate of drug-likeness (QED) is 0.564. The predicted molar refractivity (Wildman–Crippen MR) is 116 cm³/mol. The topological polar surface area (TPSA) is 106 Å². The molecule has 0 unspecified atom stereocenters. The normalized spacial score (nSPS) is 15.9. The van der Waals surface area contributed by atoms with Crippen LogP contribution in [0.2, 0.25) is 0 Å². The Morgan fingerprint density at radius 3 is 2.30 bits per heavy atom. The number of aromatic nitrogens is 1. The summed E-state index contributed by atoms with van der Waals surface area (Å²) in [4.78, 5) is 4.26. The zero-order valence-electron chi connectivity index (χ0n) is 15.7. The Hall–Kier alpha value is -2.05. The molecule has 2 heterocycles. The van der Waals surface area contributed by atoms with Gasteiger partial charge in [-0.05, 0) is 42.5 Å². The molecule has 1 N–H and O–H groups in total. The molecular formula is C19H18BrN3O5S2. The van der Waals surface area contributed by atoms with Crippen LogP contribution in [-0.2, 0) is 24.8 Å². The second-order valence-electron chi connectivity index (χ2n) is 6.59. The van der Waals surface area contributed by atoms with Gasteiger partial charge >= 0.3 is 0 Å². The lowest BCUT2D eigenvalue weighted by Crippen LogP contribution is -2.40. The zero-order valence-corrected chi connectivity index (χ0v) is 18.9. The highest BCUT2D eigenvalue weighted by atomic mass is 79.9. The molecule has 158 valence electrons. The number of sulfonamides is 2. The molecule has 0 bridgehead atoms. The van der Waals surface area contributed by atoms with Crippen LogP contribution in [-0.4, -0.2) is 52.4 Å². The van der Waals surface area contributed by atoms with Crippen molar-refractivity contribution in [2.75, 3.05) is 31.0 Å². The molecule has 1 aliphatic rings. The van der Waals surface area contributed by atoms with Crippen molar-refractivity contribution in [1.82, 2.24) is 9.29 Å². The minimum absolute atomic E-state index is 0.0408. The van der Waals surface area contributed by atoms with E-state index in [1.165, 1.54) is 28.6 Å². The number of fused-ring (bicyclic) bond motifs is 1. The van der Waals surface area contributed by atoms with Gasteiger partial charge in [-0.15, -0.1) is 0 Å². The third kappa shape index (κ3) is 4.08. The van der Waals surface area contributed by atoms with Crippen molar-refractivity contribution in [3.8, 4) is 0 Å². The van der Waals surface area contributed by atoms with Gasteiger partial charge in [0.25, 0.3) is 10.0 Å². The molecule has 0 spiro atoms. The summed E-state index contributed by atoms with van der Waals surface area (Å²) in [5.41, 5.74) is 0.834. The molecule has 1 aliphatic heterocycles. The summed E-state index contributed by atoms with van der Waals surface area (Å²) in [5.74, 6) is 0. The summed E-state index contributed by atoms with van der Waals surface area (Å²) >= 11 is 3.43. The zero-order chi connectivity index (χ0) is 21.4. The lowest BCUT2D eigenvalue weighted by atomic mass is 10.2. The van der Waals surface area contributed by atoms with Crippen LogP contribution in [0, 0.1) is 0 Å². The number of hydrogen-bond acceptors (Lipinski definition) is 6. The van der Waals surface area contributed by atoms with Gasteiger partial charge in [0, 0.05) is 29.1 Å². The maximum atomic E-state index is 12.9. The molecule has 4 rings (SSSR count). The van der Waals surface area contributed by atoms with Gasteiger partial charge in [-0.2, -0.15) is 4.31 Å². The molecule has 0 atom stereocenters. The van der Waals surface area contributed by atoms with E-state index in [1.54, 1.807) is 24.4 Å². The maximum absolute atomic E-state index is 12.9. The number of anilines is 1. The van der Waals surface area contributed by atoms with Gasteiger partial charge in [-0.3, -0.25) is 9.71 Å². The summed E-state index contributed by atoms with van der Waals surface area (Å²) in [7, 11) is -7.63. The summed E-state index contributed by atoms with van der Waals surface area (Å²) in [6, 6.07) is 12.1. The Morgan fingerprint density at radius 1 is 0.933 bits per heavy atom. The molecule has 1 aromatic heterocycles. The SMILES string of the molecule is O=S(=O)(Nc1ccc(Br)c2cccnc12)c1ccc(S(=O)(=O)N2CCOCC2)cc1. The van der Waals surface area contributed by atoms with Gasteiger partial charge in [0.2, 0.25) is 10.0 Å². The summed E-state index contributed by atoms with van der Waals surface area (Å²) in [6.45, 7) is 1.22. The highest BCUT2D eigenvalue weighted by Crippen LogP contribution is 2.30. The molecule has 0 radical (unpaired) electrons. The fourth-order valence-electron chi connectivity index (χ4n) is 3.15. The van der Waals surface area contributed by atoms with Crippen LogP contribution >= 0.6 is 15.9 Å². The van der Waals surface area contributed by atoms with Gasteiger partial charge in [0.05, 0.1) is 34.2 Å². The first-order valence-corrected chi connectivity index (χ1v) is 12.7. The number of nitrogens with zero attached hydrogens (tertiary/aromatic N) is 2. The Labute approximate surface area is 183 Å². The number of morpholine rings is 1. The summed E-state index contributed by atoms with van der Waals surface area (Å²) in [6.07, 6.45) is 1.58. The first-order chi connectivity index (χ1) is 14.3.